The Morgan fingerprint density at radius 2 is 1.78 bits per heavy atom. The predicted molar refractivity (Wildman–Crippen MR) is 141 cm³/mol. The van der Waals surface area contributed by atoms with Crippen LogP contribution in [0.1, 0.15) is 57.6 Å². The molecule has 0 aliphatic carbocycles. The zero-order valence-corrected chi connectivity index (χ0v) is 22.1. The molecule has 192 valence electrons. The van der Waals surface area contributed by atoms with Gasteiger partial charge in [0.15, 0.2) is 0 Å². The Bertz CT molecular complexity index is 1120. The molecule has 1 N–H and O–H groups in total. The summed E-state index contributed by atoms with van der Waals surface area (Å²) >= 11 is 0. The summed E-state index contributed by atoms with van der Waals surface area (Å²) in [6, 6.07) is 16.2. The number of ether oxygens (including phenoxy) is 1. The minimum atomic E-state index is -0.0499. The summed E-state index contributed by atoms with van der Waals surface area (Å²) in [5.74, 6) is 2.16. The van der Waals surface area contributed by atoms with Gasteiger partial charge in [0, 0.05) is 11.5 Å². The Hall–Kier alpha value is -3.19. The van der Waals surface area contributed by atoms with Gasteiger partial charge in [0.05, 0.1) is 12.6 Å². The van der Waals surface area contributed by atoms with Gasteiger partial charge >= 0.3 is 0 Å². The van der Waals surface area contributed by atoms with Crippen molar-refractivity contribution >= 4 is 5.91 Å². The first kappa shape index (κ1) is 25.9. The van der Waals surface area contributed by atoms with Gasteiger partial charge < -0.3 is 14.6 Å². The van der Waals surface area contributed by atoms with Crippen LogP contribution in [0.15, 0.2) is 53.1 Å². The molecular formula is C29H38N4O3. The highest BCUT2D eigenvalue weighted by Crippen LogP contribution is 2.25. The Morgan fingerprint density at radius 3 is 2.42 bits per heavy atom. The van der Waals surface area contributed by atoms with Gasteiger partial charge in [-0.05, 0) is 62.9 Å². The van der Waals surface area contributed by atoms with Gasteiger partial charge in [0.1, 0.15) is 12.4 Å². The van der Waals surface area contributed by atoms with E-state index in [1.54, 1.807) is 0 Å². The van der Waals surface area contributed by atoms with Crippen LogP contribution in [0.5, 0.6) is 5.75 Å². The fourth-order valence-electron chi connectivity index (χ4n) is 4.36. The number of rotatable bonds is 8. The van der Waals surface area contributed by atoms with Gasteiger partial charge in [-0.3, -0.25) is 9.69 Å². The smallest absolute Gasteiger partial charge is 0.241 e. The van der Waals surface area contributed by atoms with Crippen LogP contribution in [0.3, 0.4) is 0 Å². The minimum Gasteiger partial charge on any atom is -0.491 e. The fourth-order valence-corrected chi connectivity index (χ4v) is 4.36. The monoisotopic (exact) mass is 490 g/mol. The molecule has 7 nitrogen and oxygen atoms in total. The van der Waals surface area contributed by atoms with E-state index < -0.39 is 0 Å². The maximum absolute atomic E-state index is 12.7. The molecule has 1 unspecified atom stereocenters. The van der Waals surface area contributed by atoms with Crippen LogP contribution in [0.2, 0.25) is 0 Å². The van der Waals surface area contributed by atoms with Gasteiger partial charge in [-0.15, -0.1) is 0 Å². The van der Waals surface area contributed by atoms with Crippen molar-refractivity contribution < 1.29 is 14.1 Å². The van der Waals surface area contributed by atoms with Gasteiger partial charge in [-0.2, -0.15) is 4.98 Å². The number of aromatic nitrogens is 2. The lowest BCUT2D eigenvalue weighted by atomic mass is 9.87. The van der Waals surface area contributed by atoms with Crippen molar-refractivity contribution in [1.29, 1.82) is 0 Å². The molecule has 1 aromatic heterocycles. The first-order valence-electron chi connectivity index (χ1n) is 12.8. The Kier molecular flexibility index (Phi) is 8.09. The van der Waals surface area contributed by atoms with Gasteiger partial charge in [0.2, 0.25) is 17.6 Å². The summed E-state index contributed by atoms with van der Waals surface area (Å²) in [4.78, 5) is 19.6. The maximum Gasteiger partial charge on any atom is 0.241 e. The van der Waals surface area contributed by atoms with Crippen molar-refractivity contribution in [1.82, 2.24) is 20.4 Å². The van der Waals surface area contributed by atoms with E-state index in [-0.39, 0.29) is 23.3 Å². The highest BCUT2D eigenvalue weighted by atomic mass is 16.5. The molecule has 4 rings (SSSR count). The third-order valence-electron chi connectivity index (χ3n) is 6.70. The summed E-state index contributed by atoms with van der Waals surface area (Å²) < 4.78 is 11.3. The predicted octanol–water partition coefficient (Wildman–Crippen LogP) is 5.14. The maximum atomic E-state index is 12.7. The molecule has 1 atom stereocenters. The highest BCUT2D eigenvalue weighted by molar-refractivity contribution is 5.79. The Balaban J connectivity index is 1.21. The third kappa shape index (κ3) is 6.94. The molecule has 2 aromatic carbocycles. The minimum absolute atomic E-state index is 0.0163. The van der Waals surface area contributed by atoms with E-state index in [4.69, 9.17) is 9.26 Å². The number of aryl methyl sites for hydroxylation is 1. The molecule has 1 saturated heterocycles. The molecule has 0 saturated carbocycles. The van der Waals surface area contributed by atoms with Crippen molar-refractivity contribution in [2.45, 2.75) is 65.5 Å². The van der Waals surface area contributed by atoms with E-state index in [1.807, 2.05) is 50.2 Å². The first-order chi connectivity index (χ1) is 17.2. The number of carbonyl (C=O) groups excluding carboxylic acids is 1. The number of hydrogen-bond donors (Lipinski definition) is 1. The van der Waals surface area contributed by atoms with Crippen LogP contribution in [-0.2, 0) is 16.8 Å². The molecule has 0 bridgehead atoms. The molecule has 1 aliphatic heterocycles. The number of nitrogens with zero attached hydrogens (tertiary/aromatic N) is 3. The standard InChI is InChI=1S/C29H38N4O3/c1-20-6-12-25(13-7-20)35-19-21(2)30-28(34)23-14-16-33(17-15-23)18-26-31-27(32-36-26)22-8-10-24(11-9-22)29(3,4)5/h6-13,21,23H,14-19H2,1-5H3,(H,30,34). The lowest BCUT2D eigenvalue weighted by Crippen LogP contribution is -2.44. The summed E-state index contributed by atoms with van der Waals surface area (Å²) in [5.41, 5.74) is 3.53. The van der Waals surface area contributed by atoms with Crippen LogP contribution in [0.25, 0.3) is 11.4 Å². The van der Waals surface area contributed by atoms with Crippen LogP contribution in [0.4, 0.5) is 0 Å². The van der Waals surface area contributed by atoms with E-state index in [9.17, 15) is 4.79 Å². The van der Waals surface area contributed by atoms with Crippen LogP contribution >= 0.6 is 0 Å². The lowest BCUT2D eigenvalue weighted by molar-refractivity contribution is -0.127. The molecule has 0 radical (unpaired) electrons. The van der Waals surface area contributed by atoms with Crippen LogP contribution in [-0.4, -0.2) is 46.7 Å². The van der Waals surface area contributed by atoms with Gasteiger partial charge in [0.25, 0.3) is 0 Å². The first-order valence-corrected chi connectivity index (χ1v) is 12.8. The molecule has 3 aromatic rings. The molecule has 1 amide bonds. The van der Waals surface area contributed by atoms with Gasteiger partial charge in [-0.1, -0.05) is 67.9 Å². The van der Waals surface area contributed by atoms with Crippen molar-refractivity contribution in [3.63, 3.8) is 0 Å². The number of nitrogens with one attached hydrogen (secondary N) is 1. The number of likely N-dealkylation sites (tertiary alicyclic amines) is 1. The molecule has 1 aliphatic rings. The average molecular weight is 491 g/mol. The summed E-state index contributed by atoms with van der Waals surface area (Å²) in [6.45, 7) is 13.3. The Morgan fingerprint density at radius 1 is 1.11 bits per heavy atom. The van der Waals surface area contributed by atoms with E-state index in [2.05, 4.69) is 53.3 Å². The molecule has 2 heterocycles. The molecule has 0 spiro atoms. The van der Waals surface area contributed by atoms with Crippen molar-refractivity contribution in [3.8, 4) is 17.1 Å². The fraction of sp³-hybridized carbons (Fsp3) is 0.483. The average Bonchev–Trinajstić information content (AvgIpc) is 3.32. The molecule has 7 heteroatoms. The van der Waals surface area contributed by atoms with Crippen molar-refractivity contribution in [2.75, 3.05) is 19.7 Å². The zero-order valence-electron chi connectivity index (χ0n) is 22.1. The summed E-state index contributed by atoms with van der Waals surface area (Å²) in [5, 5.41) is 7.28. The second-order valence-corrected chi connectivity index (χ2v) is 10.9. The number of carbonyl (C=O) groups is 1. The largest absolute Gasteiger partial charge is 0.491 e. The van der Waals surface area contributed by atoms with Gasteiger partial charge in [-0.25, -0.2) is 0 Å². The quantitative estimate of drug-likeness (QED) is 0.471. The normalized spacial score (nSPS) is 16.0. The zero-order chi connectivity index (χ0) is 25.7. The van der Waals surface area contributed by atoms with E-state index in [0.717, 1.165) is 37.2 Å². The number of benzene rings is 2. The second-order valence-electron chi connectivity index (χ2n) is 10.9. The third-order valence-corrected chi connectivity index (χ3v) is 6.70. The second kappa shape index (κ2) is 11.2. The molecule has 36 heavy (non-hydrogen) atoms. The Labute approximate surface area is 214 Å². The topological polar surface area (TPSA) is 80.5 Å². The van der Waals surface area contributed by atoms with E-state index >= 15 is 0 Å². The van der Waals surface area contributed by atoms with Crippen LogP contribution < -0.4 is 10.1 Å². The summed E-state index contributed by atoms with van der Waals surface area (Å²) in [7, 11) is 0. The SMILES string of the molecule is Cc1ccc(OCC(C)NC(=O)C2CCN(Cc3nc(-c4ccc(C(C)(C)C)cc4)no3)CC2)cc1. The number of amides is 1. The van der Waals surface area contributed by atoms with E-state index in [1.165, 1.54) is 11.1 Å². The lowest BCUT2D eigenvalue weighted by Gasteiger charge is -2.30. The molecular weight excluding hydrogens is 452 g/mol. The van der Waals surface area contributed by atoms with Crippen molar-refractivity contribution in [2.24, 2.45) is 5.92 Å². The number of piperidine rings is 1. The molecule has 1 fully saturated rings. The van der Waals surface area contributed by atoms with E-state index in [0.29, 0.717) is 24.9 Å². The van der Waals surface area contributed by atoms with Crippen LogP contribution in [0, 0.1) is 12.8 Å². The van der Waals surface area contributed by atoms with Crippen molar-refractivity contribution in [3.05, 3.63) is 65.5 Å². The number of hydrogen-bond acceptors (Lipinski definition) is 6. The summed E-state index contributed by atoms with van der Waals surface area (Å²) in [6.07, 6.45) is 1.62. The highest BCUT2D eigenvalue weighted by Gasteiger charge is 2.27.